The van der Waals surface area contributed by atoms with Gasteiger partial charge in [0.1, 0.15) is 5.82 Å². The summed E-state index contributed by atoms with van der Waals surface area (Å²) in [6.07, 6.45) is 2.99. The van der Waals surface area contributed by atoms with Gasteiger partial charge in [-0.15, -0.1) is 0 Å². The molecule has 1 aromatic heterocycles. The number of carbonyl (C=O) groups excluding carboxylic acids is 2. The van der Waals surface area contributed by atoms with Crippen molar-refractivity contribution in [3.8, 4) is 0 Å². The number of aryl methyl sites for hydroxylation is 1. The molecule has 1 aromatic rings. The van der Waals surface area contributed by atoms with Gasteiger partial charge >= 0.3 is 6.03 Å². The quantitative estimate of drug-likeness (QED) is 0.809. The Labute approximate surface area is 93.5 Å². The average Bonchev–Trinajstić information content (AvgIpc) is 2.29. The van der Waals surface area contributed by atoms with Crippen LogP contribution < -0.4 is 10.2 Å². The summed E-state index contributed by atoms with van der Waals surface area (Å²) < 4.78 is 0. The second-order valence-electron chi connectivity index (χ2n) is 3.63. The van der Waals surface area contributed by atoms with E-state index in [2.05, 4.69) is 10.3 Å². The van der Waals surface area contributed by atoms with Crippen molar-refractivity contribution in [1.29, 1.82) is 0 Å². The molecule has 1 N–H and O–H groups in total. The summed E-state index contributed by atoms with van der Waals surface area (Å²) in [7, 11) is 0. The molecule has 1 aliphatic rings. The van der Waals surface area contributed by atoms with Gasteiger partial charge in [0.05, 0.1) is 0 Å². The SMILES string of the molecule is CCc1ccc(N2CCC(=O)NC2=O)nc1. The Hall–Kier alpha value is -1.91. The second kappa shape index (κ2) is 4.30. The molecule has 5 nitrogen and oxygen atoms in total. The number of hydrogen-bond acceptors (Lipinski definition) is 3. The van der Waals surface area contributed by atoms with E-state index in [0.717, 1.165) is 12.0 Å². The Morgan fingerprint density at radius 1 is 1.44 bits per heavy atom. The molecule has 0 bridgehead atoms. The van der Waals surface area contributed by atoms with Gasteiger partial charge in [-0.3, -0.25) is 15.0 Å². The molecule has 2 heterocycles. The Bertz CT molecular complexity index is 414. The van der Waals surface area contributed by atoms with Crippen LogP contribution in [-0.2, 0) is 11.2 Å². The highest BCUT2D eigenvalue weighted by Gasteiger charge is 2.24. The van der Waals surface area contributed by atoms with Gasteiger partial charge in [0.25, 0.3) is 0 Å². The molecule has 0 aromatic carbocycles. The first kappa shape index (κ1) is 10.6. The molecule has 0 saturated carbocycles. The smallest absolute Gasteiger partial charge is 0.278 e. The largest absolute Gasteiger partial charge is 0.329 e. The number of aromatic nitrogens is 1. The third-order valence-corrected chi connectivity index (χ3v) is 2.55. The third-order valence-electron chi connectivity index (χ3n) is 2.55. The minimum atomic E-state index is -0.395. The fourth-order valence-electron chi connectivity index (χ4n) is 1.57. The monoisotopic (exact) mass is 219 g/mol. The zero-order valence-electron chi connectivity index (χ0n) is 9.06. The summed E-state index contributed by atoms with van der Waals surface area (Å²) in [5.41, 5.74) is 1.12. The van der Waals surface area contributed by atoms with Crippen molar-refractivity contribution in [3.05, 3.63) is 23.9 Å². The molecule has 0 unspecified atom stereocenters. The molecule has 84 valence electrons. The summed E-state index contributed by atoms with van der Waals surface area (Å²) in [6, 6.07) is 3.34. The molecular weight excluding hydrogens is 206 g/mol. The Kier molecular flexibility index (Phi) is 2.85. The number of anilines is 1. The molecule has 1 fully saturated rings. The van der Waals surface area contributed by atoms with Crippen molar-refractivity contribution in [2.75, 3.05) is 11.4 Å². The summed E-state index contributed by atoms with van der Waals surface area (Å²) >= 11 is 0. The number of urea groups is 1. The lowest BCUT2D eigenvalue weighted by Crippen LogP contribution is -2.49. The summed E-state index contributed by atoms with van der Waals surface area (Å²) in [5.74, 6) is 0.355. The number of carbonyl (C=O) groups is 2. The number of pyridine rings is 1. The summed E-state index contributed by atoms with van der Waals surface area (Å²) in [5, 5.41) is 2.26. The van der Waals surface area contributed by atoms with Gasteiger partial charge in [-0.2, -0.15) is 0 Å². The normalized spacial score (nSPS) is 16.2. The predicted octanol–water partition coefficient (Wildman–Crippen LogP) is 1.09. The second-order valence-corrected chi connectivity index (χ2v) is 3.63. The lowest BCUT2D eigenvalue weighted by atomic mass is 10.2. The van der Waals surface area contributed by atoms with E-state index in [0.29, 0.717) is 18.8 Å². The fraction of sp³-hybridized carbons (Fsp3) is 0.364. The topological polar surface area (TPSA) is 62.3 Å². The molecule has 0 aliphatic carbocycles. The molecule has 5 heteroatoms. The van der Waals surface area contributed by atoms with Gasteiger partial charge in [0.15, 0.2) is 0 Å². The number of rotatable bonds is 2. The van der Waals surface area contributed by atoms with E-state index in [1.807, 2.05) is 13.0 Å². The van der Waals surface area contributed by atoms with Gasteiger partial charge in [0, 0.05) is 19.2 Å². The Morgan fingerprint density at radius 2 is 2.25 bits per heavy atom. The van der Waals surface area contributed by atoms with Gasteiger partial charge in [-0.1, -0.05) is 13.0 Å². The van der Waals surface area contributed by atoms with Gasteiger partial charge in [0.2, 0.25) is 5.91 Å². The molecule has 1 saturated heterocycles. The lowest BCUT2D eigenvalue weighted by molar-refractivity contribution is -0.120. The summed E-state index contributed by atoms with van der Waals surface area (Å²) in [4.78, 5) is 28.2. The molecule has 3 amide bonds. The van der Waals surface area contributed by atoms with Crippen molar-refractivity contribution in [3.63, 3.8) is 0 Å². The zero-order chi connectivity index (χ0) is 11.5. The highest BCUT2D eigenvalue weighted by molar-refractivity contribution is 6.05. The van der Waals surface area contributed by atoms with Crippen molar-refractivity contribution >= 4 is 17.8 Å². The average molecular weight is 219 g/mol. The predicted molar refractivity (Wildman–Crippen MR) is 59.1 cm³/mol. The Morgan fingerprint density at radius 3 is 2.81 bits per heavy atom. The number of amides is 3. The van der Waals surface area contributed by atoms with E-state index in [1.54, 1.807) is 12.3 Å². The molecular formula is C11H13N3O2. The molecule has 0 atom stereocenters. The maximum atomic E-state index is 11.5. The number of imide groups is 1. The van der Waals surface area contributed by atoms with Gasteiger partial charge < -0.3 is 0 Å². The van der Waals surface area contributed by atoms with Crippen LogP contribution in [0.15, 0.2) is 18.3 Å². The molecule has 16 heavy (non-hydrogen) atoms. The van der Waals surface area contributed by atoms with Gasteiger partial charge in [-0.25, -0.2) is 9.78 Å². The van der Waals surface area contributed by atoms with Gasteiger partial charge in [-0.05, 0) is 18.1 Å². The van der Waals surface area contributed by atoms with Crippen LogP contribution >= 0.6 is 0 Å². The molecule has 0 spiro atoms. The minimum absolute atomic E-state index is 0.230. The van der Waals surface area contributed by atoms with E-state index < -0.39 is 6.03 Å². The Balaban J connectivity index is 2.17. The van der Waals surface area contributed by atoms with Crippen LogP contribution in [0.2, 0.25) is 0 Å². The molecule has 1 aliphatic heterocycles. The van der Waals surface area contributed by atoms with E-state index in [4.69, 9.17) is 0 Å². The number of hydrogen-bond donors (Lipinski definition) is 1. The first-order chi connectivity index (χ1) is 7.70. The molecule has 0 radical (unpaired) electrons. The molecule has 2 rings (SSSR count). The highest BCUT2D eigenvalue weighted by Crippen LogP contribution is 2.14. The van der Waals surface area contributed by atoms with Crippen LogP contribution in [0.5, 0.6) is 0 Å². The van der Waals surface area contributed by atoms with Crippen LogP contribution in [0, 0.1) is 0 Å². The third kappa shape index (κ3) is 2.03. The van der Waals surface area contributed by atoms with Crippen LogP contribution in [0.25, 0.3) is 0 Å². The van der Waals surface area contributed by atoms with Crippen LogP contribution in [0.1, 0.15) is 18.9 Å². The zero-order valence-corrected chi connectivity index (χ0v) is 9.06. The lowest BCUT2D eigenvalue weighted by Gasteiger charge is -2.25. The highest BCUT2D eigenvalue weighted by atomic mass is 16.2. The summed E-state index contributed by atoms with van der Waals surface area (Å²) in [6.45, 7) is 2.44. The van der Waals surface area contributed by atoms with E-state index in [-0.39, 0.29) is 5.91 Å². The van der Waals surface area contributed by atoms with Crippen molar-refractivity contribution < 1.29 is 9.59 Å². The van der Waals surface area contributed by atoms with E-state index in [1.165, 1.54) is 4.90 Å². The number of nitrogens with one attached hydrogen (secondary N) is 1. The fourth-order valence-corrected chi connectivity index (χ4v) is 1.57. The standard InChI is InChI=1S/C11H13N3O2/c1-2-8-3-4-9(12-7-8)14-6-5-10(15)13-11(14)16/h3-4,7H,2,5-6H2,1H3,(H,13,15,16). The minimum Gasteiger partial charge on any atom is -0.278 e. The van der Waals surface area contributed by atoms with E-state index >= 15 is 0 Å². The maximum Gasteiger partial charge on any atom is 0.329 e. The number of nitrogens with zero attached hydrogens (tertiary/aromatic N) is 2. The first-order valence-corrected chi connectivity index (χ1v) is 5.27. The van der Waals surface area contributed by atoms with Crippen LogP contribution in [0.3, 0.4) is 0 Å². The van der Waals surface area contributed by atoms with Crippen molar-refractivity contribution in [1.82, 2.24) is 10.3 Å². The van der Waals surface area contributed by atoms with E-state index in [9.17, 15) is 9.59 Å². The van der Waals surface area contributed by atoms with Crippen molar-refractivity contribution in [2.24, 2.45) is 0 Å². The van der Waals surface area contributed by atoms with Crippen LogP contribution in [0.4, 0.5) is 10.6 Å². The van der Waals surface area contributed by atoms with Crippen LogP contribution in [-0.4, -0.2) is 23.5 Å². The van der Waals surface area contributed by atoms with Crippen molar-refractivity contribution in [2.45, 2.75) is 19.8 Å². The maximum absolute atomic E-state index is 11.5. The first-order valence-electron chi connectivity index (χ1n) is 5.27.